The van der Waals surface area contributed by atoms with Crippen molar-refractivity contribution in [2.75, 3.05) is 0 Å². The summed E-state index contributed by atoms with van der Waals surface area (Å²) in [7, 11) is 0. The van der Waals surface area contributed by atoms with Crippen molar-refractivity contribution in [2.24, 2.45) is 0 Å². The largest absolute Gasteiger partial charge is 0.452 e. The molecule has 0 fully saturated rings. The zero-order valence-electron chi connectivity index (χ0n) is 62.8. The summed E-state index contributed by atoms with van der Waals surface area (Å²) in [6.07, 6.45) is 0. The van der Waals surface area contributed by atoms with E-state index in [1.165, 1.54) is 0 Å². The van der Waals surface area contributed by atoms with Crippen LogP contribution < -0.4 is 0 Å². The minimum absolute atomic E-state index is 0.367. The van der Waals surface area contributed by atoms with Gasteiger partial charge < -0.3 is 8.83 Å². The number of hydrogen-bond acceptors (Lipinski definition) is 2. The second-order valence-corrected chi connectivity index (χ2v) is 12.5. The predicted octanol–water partition coefficient (Wildman–Crippen LogP) is 16.1. The van der Waals surface area contributed by atoms with Crippen LogP contribution in [0.4, 0.5) is 0 Å². The van der Waals surface area contributed by atoms with E-state index in [1.54, 1.807) is 0 Å². The van der Waals surface area contributed by atoms with Crippen molar-refractivity contribution >= 4 is 65.4 Å². The Morgan fingerprint density at radius 3 is 1.40 bits per heavy atom. The lowest BCUT2D eigenvalue weighted by Crippen LogP contribution is -1.93. The van der Waals surface area contributed by atoms with Crippen molar-refractivity contribution in [1.29, 1.82) is 0 Å². The SMILES string of the molecule is [2H]c1c([2H])c([2H])c(-c2c([2H])c([2H])c([2H])c([2H])c2-c2c([2H])c([2H])c(-c3c4c([2H])c([2H])c([2H])c([2H])c4c(-c4c([2H])c([2H])c([2H])c([2H])c4-c4c([2H])c([2H])c([2H])c5oc6c7oc8c([2H])c([2H])c([2H])c([2H])c8c7c([2H])c([2H])c6c45)c4c([2H])c([2H])c([2H])c([2H])c34)c([2H])c2[2H])c([2H])c1[2H]. The van der Waals surface area contributed by atoms with Gasteiger partial charge in [-0.25, -0.2) is 0 Å². The van der Waals surface area contributed by atoms with Crippen molar-refractivity contribution in [3.8, 4) is 55.6 Å². The van der Waals surface area contributed by atoms with E-state index in [2.05, 4.69) is 0 Å². The number of hydrogen-bond donors (Lipinski definition) is 0. The van der Waals surface area contributed by atoms with E-state index in [1.807, 2.05) is 0 Å². The fourth-order valence-electron chi connectivity index (χ4n) is 7.10. The van der Waals surface area contributed by atoms with Gasteiger partial charge in [-0.1, -0.05) is 181 Å². The smallest absolute Gasteiger partial charge is 0.178 e. The second kappa shape index (κ2) is 12.9. The molecule has 2 heterocycles. The Kier molecular flexibility index (Phi) is 3.01. The molecular weight excluding hydrogens is 705 g/mol. The lowest BCUT2D eigenvalue weighted by molar-refractivity contribution is 0.633. The third-order valence-electron chi connectivity index (χ3n) is 9.50. The molecular formula is C56H34O2. The monoisotopic (exact) mass is 772 g/mol. The highest BCUT2D eigenvalue weighted by molar-refractivity contribution is 6.25. The van der Waals surface area contributed by atoms with Gasteiger partial charge in [-0.2, -0.15) is 0 Å². The number of fused-ring (bicyclic) bond motifs is 9. The Labute approximate surface area is 382 Å². The van der Waals surface area contributed by atoms with E-state index in [9.17, 15) is 17.8 Å². The van der Waals surface area contributed by atoms with E-state index in [0.29, 0.717) is 0 Å². The fourth-order valence-corrected chi connectivity index (χ4v) is 7.10. The molecule has 0 spiro atoms. The molecule has 2 heteroatoms. The fraction of sp³-hybridized carbons (Fsp3) is 0. The molecule has 0 bridgehead atoms. The van der Waals surface area contributed by atoms with Crippen molar-refractivity contribution in [3.63, 3.8) is 0 Å². The van der Waals surface area contributed by atoms with Gasteiger partial charge in [0.2, 0.25) is 0 Å². The van der Waals surface area contributed by atoms with Crippen LogP contribution in [0.2, 0.25) is 0 Å². The van der Waals surface area contributed by atoms with E-state index < -0.39 is 316 Å². The van der Waals surface area contributed by atoms with Crippen LogP contribution in [0.3, 0.4) is 0 Å². The summed E-state index contributed by atoms with van der Waals surface area (Å²) in [6, 6.07) is -35.3. The van der Waals surface area contributed by atoms with Crippen LogP contribution in [0.5, 0.6) is 0 Å². The Hall–Kier alpha value is -7.68. The summed E-state index contributed by atoms with van der Waals surface area (Å²) in [5.41, 5.74) is -11.5. The molecule has 0 aliphatic carbocycles. The van der Waals surface area contributed by atoms with Crippen molar-refractivity contribution < 1.29 is 55.4 Å². The minimum atomic E-state index is -1.25. The van der Waals surface area contributed by atoms with Crippen molar-refractivity contribution in [3.05, 3.63) is 205 Å². The second-order valence-electron chi connectivity index (χ2n) is 12.5. The molecule has 58 heavy (non-hydrogen) atoms. The van der Waals surface area contributed by atoms with Crippen LogP contribution in [-0.2, 0) is 0 Å². The Morgan fingerprint density at radius 1 is 0.259 bits per heavy atom. The van der Waals surface area contributed by atoms with Gasteiger partial charge in [0.05, 0.1) is 46.6 Å². The first kappa shape index (κ1) is 13.5. The molecule has 10 aromatic carbocycles. The van der Waals surface area contributed by atoms with Gasteiger partial charge in [0.15, 0.2) is 11.2 Å². The molecule has 2 aromatic heterocycles. The lowest BCUT2D eigenvalue weighted by Gasteiger charge is -2.20. The molecule has 12 aromatic rings. The molecule has 0 unspecified atom stereocenters. The minimum Gasteiger partial charge on any atom is -0.452 e. The Balaban J connectivity index is 1.30. The average Bonchev–Trinajstić information content (AvgIpc) is 0.983. The molecule has 2 nitrogen and oxygen atoms in total. The summed E-state index contributed by atoms with van der Waals surface area (Å²) >= 11 is 0. The maximum atomic E-state index is 9.81. The van der Waals surface area contributed by atoms with Crippen LogP contribution in [0.25, 0.3) is 121 Å². The highest BCUT2D eigenvalue weighted by atomic mass is 16.4. The Bertz CT molecular complexity index is 5430. The average molecular weight is 773 g/mol. The van der Waals surface area contributed by atoms with Gasteiger partial charge in [0, 0.05) is 21.5 Å². The maximum Gasteiger partial charge on any atom is 0.178 e. The van der Waals surface area contributed by atoms with Gasteiger partial charge in [-0.05, 0) is 101 Å². The predicted molar refractivity (Wildman–Crippen MR) is 243 cm³/mol. The number of rotatable bonds is 5. The quantitative estimate of drug-likeness (QED) is 0.163. The first-order chi connectivity index (χ1) is 42.9. The van der Waals surface area contributed by atoms with Crippen LogP contribution in [0.15, 0.2) is 214 Å². The number of benzene rings is 10. The normalized spacial score (nSPS) is 20.0. The number of para-hydroxylation sites is 1. The van der Waals surface area contributed by atoms with Crippen molar-refractivity contribution in [1.82, 2.24) is 0 Å². The van der Waals surface area contributed by atoms with Gasteiger partial charge in [0.1, 0.15) is 11.2 Å². The summed E-state index contributed by atoms with van der Waals surface area (Å²) in [6.45, 7) is 0. The molecule has 0 aliphatic heterocycles. The van der Waals surface area contributed by atoms with E-state index >= 15 is 0 Å². The van der Waals surface area contributed by atoms with E-state index in [-0.39, 0.29) is 10.8 Å². The van der Waals surface area contributed by atoms with Gasteiger partial charge >= 0.3 is 0 Å². The first-order valence-electron chi connectivity index (χ1n) is 34.1. The molecule has 0 saturated heterocycles. The zero-order chi connectivity index (χ0) is 67.7. The van der Waals surface area contributed by atoms with E-state index in [0.717, 1.165) is 0 Å². The van der Waals surface area contributed by atoms with Crippen LogP contribution in [0.1, 0.15) is 46.6 Å². The standard InChI is InChI=1S/C56H34O2/c1-2-15-35(16-3-1)38-17-4-5-18-39(38)36-29-31-37(32-30-36)52-44-22-8-10-24-46(44)53(47-25-11-9-23-45(47)52)42-21-7-6-19-40(42)43-26-14-28-51-54(43)49-34-33-48-41-20-12-13-27-50(41)57-55(48)56(49)58-51/h1-34H/i1D,2D,3D,4D,5D,6D,7D,8D,9D,10D,11D,12D,13D,14D,15D,16D,17D,18D,19D,20D,21D,22D,23D,24D,25D,26D,27D,28D,29D,30D,31D,32D,33D,34D. The Morgan fingerprint density at radius 2 is 0.707 bits per heavy atom. The lowest BCUT2D eigenvalue weighted by atomic mass is 9.83. The molecule has 0 radical (unpaired) electrons. The molecule has 12 rings (SSSR count). The van der Waals surface area contributed by atoms with Gasteiger partial charge in [-0.3, -0.25) is 0 Å². The summed E-state index contributed by atoms with van der Waals surface area (Å²) in [4.78, 5) is 0. The van der Waals surface area contributed by atoms with Gasteiger partial charge in [-0.15, -0.1) is 0 Å². The maximum absolute atomic E-state index is 9.81. The third-order valence-corrected chi connectivity index (χ3v) is 9.50. The summed E-state index contributed by atoms with van der Waals surface area (Å²) < 4.78 is 323. The van der Waals surface area contributed by atoms with Crippen LogP contribution in [-0.4, -0.2) is 0 Å². The molecule has 270 valence electrons. The highest BCUT2D eigenvalue weighted by Crippen LogP contribution is 2.49. The van der Waals surface area contributed by atoms with E-state index in [4.69, 9.17) is 37.6 Å². The summed E-state index contributed by atoms with van der Waals surface area (Å²) in [5, 5.41) is -5.61. The number of furan rings is 2. The molecule has 0 aliphatic rings. The van der Waals surface area contributed by atoms with Crippen LogP contribution in [0, 0.1) is 0 Å². The zero-order valence-corrected chi connectivity index (χ0v) is 28.8. The van der Waals surface area contributed by atoms with Crippen molar-refractivity contribution in [2.45, 2.75) is 0 Å². The molecule has 0 amide bonds. The molecule has 0 atom stereocenters. The van der Waals surface area contributed by atoms with Crippen LogP contribution >= 0.6 is 0 Å². The highest BCUT2D eigenvalue weighted by Gasteiger charge is 2.22. The molecule has 0 N–H and O–H groups in total. The topological polar surface area (TPSA) is 26.3 Å². The molecule has 0 saturated carbocycles. The first-order valence-corrected chi connectivity index (χ1v) is 17.1. The third kappa shape index (κ3) is 4.92. The summed E-state index contributed by atoms with van der Waals surface area (Å²) in [5.74, 6) is 0. The van der Waals surface area contributed by atoms with Gasteiger partial charge in [0.25, 0.3) is 0 Å².